The average Bonchev–Trinajstić information content (AvgIpc) is 2.14. The van der Waals surface area contributed by atoms with Gasteiger partial charge in [-0.2, -0.15) is 8.78 Å². The highest BCUT2D eigenvalue weighted by atomic mass is 79.9. The van der Waals surface area contributed by atoms with E-state index in [1.54, 1.807) is 0 Å². The van der Waals surface area contributed by atoms with Crippen LogP contribution in [0.5, 0.6) is 0 Å². The van der Waals surface area contributed by atoms with Crippen LogP contribution in [0.1, 0.15) is 6.42 Å². The first-order valence-electron chi connectivity index (χ1n) is 3.53. The van der Waals surface area contributed by atoms with Gasteiger partial charge in [0.05, 0.1) is 14.2 Å². The van der Waals surface area contributed by atoms with Gasteiger partial charge in [-0.15, -0.1) is 0 Å². The van der Waals surface area contributed by atoms with Gasteiger partial charge in [-0.25, -0.2) is 4.79 Å². The molecule has 14 heavy (non-hydrogen) atoms. The van der Waals surface area contributed by atoms with Crippen LogP contribution in [0.25, 0.3) is 0 Å². The maximum Gasteiger partial charge on any atom is 0.376 e. The summed E-state index contributed by atoms with van der Waals surface area (Å²) in [6.07, 6.45) is -0.994. The number of rotatable bonds is 4. The van der Waals surface area contributed by atoms with E-state index in [2.05, 4.69) is 25.4 Å². The molecule has 0 rings (SSSR count). The van der Waals surface area contributed by atoms with Gasteiger partial charge in [0.25, 0.3) is 0 Å². The fourth-order valence-corrected chi connectivity index (χ4v) is 1.26. The highest BCUT2D eigenvalue weighted by molar-refractivity contribution is 9.10. The normalized spacial score (nSPS) is 13.2. The van der Waals surface area contributed by atoms with Crippen LogP contribution in [0.15, 0.2) is 0 Å². The van der Waals surface area contributed by atoms with Gasteiger partial charge in [-0.1, -0.05) is 15.9 Å². The largest absolute Gasteiger partial charge is 0.468 e. The lowest BCUT2D eigenvalue weighted by atomic mass is 10.2. The number of carbonyl (C=O) groups excluding carboxylic acids is 2. The van der Waals surface area contributed by atoms with Gasteiger partial charge in [0.2, 0.25) is 0 Å². The number of alkyl halides is 3. The van der Waals surface area contributed by atoms with Gasteiger partial charge >= 0.3 is 17.9 Å². The first kappa shape index (κ1) is 13.3. The second kappa shape index (κ2) is 5.23. The zero-order valence-electron chi connectivity index (χ0n) is 7.55. The zero-order valence-corrected chi connectivity index (χ0v) is 9.14. The third-order valence-corrected chi connectivity index (χ3v) is 2.07. The van der Waals surface area contributed by atoms with E-state index < -0.39 is 29.1 Å². The van der Waals surface area contributed by atoms with E-state index in [0.717, 1.165) is 14.2 Å². The Hall–Kier alpha value is -0.720. The fourth-order valence-electron chi connectivity index (χ4n) is 0.669. The molecular weight excluding hydrogens is 266 g/mol. The van der Waals surface area contributed by atoms with Crippen LogP contribution in [-0.4, -0.2) is 36.9 Å². The van der Waals surface area contributed by atoms with Crippen molar-refractivity contribution in [3.63, 3.8) is 0 Å². The Labute approximate surface area is 87.7 Å². The zero-order chi connectivity index (χ0) is 11.4. The van der Waals surface area contributed by atoms with E-state index in [1.807, 2.05) is 0 Å². The highest BCUT2D eigenvalue weighted by Gasteiger charge is 2.43. The second-order valence-corrected chi connectivity index (χ2v) is 3.50. The Morgan fingerprint density at radius 3 is 2.21 bits per heavy atom. The molecule has 7 heteroatoms. The Morgan fingerprint density at radius 1 is 1.36 bits per heavy atom. The molecule has 0 fully saturated rings. The highest BCUT2D eigenvalue weighted by Crippen LogP contribution is 2.25. The summed E-state index contributed by atoms with van der Waals surface area (Å²) < 4.78 is 33.8. The molecule has 1 atom stereocenters. The Balaban J connectivity index is 4.35. The van der Waals surface area contributed by atoms with Crippen molar-refractivity contribution < 1.29 is 27.8 Å². The van der Waals surface area contributed by atoms with Crippen LogP contribution in [0.4, 0.5) is 8.78 Å². The molecule has 0 N–H and O–H groups in total. The summed E-state index contributed by atoms with van der Waals surface area (Å²) in [6, 6.07) is 0. The van der Waals surface area contributed by atoms with E-state index in [-0.39, 0.29) is 0 Å². The van der Waals surface area contributed by atoms with E-state index in [0.29, 0.717) is 0 Å². The van der Waals surface area contributed by atoms with Gasteiger partial charge in [0.15, 0.2) is 0 Å². The minimum atomic E-state index is -3.70. The van der Waals surface area contributed by atoms with Crippen molar-refractivity contribution in [2.24, 2.45) is 0 Å². The third kappa shape index (κ3) is 3.57. The summed E-state index contributed by atoms with van der Waals surface area (Å²) in [5.74, 6) is -6.24. The number of methoxy groups -OCH3 is 2. The minimum absolute atomic E-state index is 0.845. The summed E-state index contributed by atoms with van der Waals surface area (Å²) in [7, 11) is 1.91. The maximum absolute atomic E-state index is 12.9. The summed E-state index contributed by atoms with van der Waals surface area (Å²) in [5, 5.41) is 0. The number of hydrogen-bond donors (Lipinski definition) is 0. The maximum atomic E-state index is 12.9. The molecule has 0 aliphatic heterocycles. The Morgan fingerprint density at radius 2 is 1.86 bits per heavy atom. The predicted molar refractivity (Wildman–Crippen MR) is 46.3 cm³/mol. The summed E-state index contributed by atoms with van der Waals surface area (Å²) in [6.45, 7) is 0. The Bertz CT molecular complexity index is 232. The molecule has 0 heterocycles. The second-order valence-electron chi connectivity index (χ2n) is 2.39. The van der Waals surface area contributed by atoms with Crippen molar-refractivity contribution in [1.82, 2.24) is 0 Å². The molecule has 0 aliphatic carbocycles. The van der Waals surface area contributed by atoms with Crippen LogP contribution in [0.3, 0.4) is 0 Å². The van der Waals surface area contributed by atoms with Crippen molar-refractivity contribution in [3.8, 4) is 0 Å². The van der Waals surface area contributed by atoms with E-state index in [1.165, 1.54) is 0 Å². The number of ether oxygens (including phenoxy) is 2. The van der Waals surface area contributed by atoms with Gasteiger partial charge in [-0.05, 0) is 0 Å². The molecule has 0 aromatic carbocycles. The molecule has 0 saturated heterocycles. The number of hydrogen-bond acceptors (Lipinski definition) is 4. The molecule has 0 bridgehead atoms. The van der Waals surface area contributed by atoms with Crippen LogP contribution in [0.2, 0.25) is 0 Å². The number of esters is 2. The van der Waals surface area contributed by atoms with Gasteiger partial charge in [-0.3, -0.25) is 4.79 Å². The molecule has 4 nitrogen and oxygen atoms in total. The molecule has 0 aromatic heterocycles. The van der Waals surface area contributed by atoms with Crippen molar-refractivity contribution in [1.29, 1.82) is 0 Å². The summed E-state index contributed by atoms with van der Waals surface area (Å²) in [5.41, 5.74) is 0. The Kier molecular flexibility index (Phi) is 4.96. The standard InChI is InChI=1S/C7H9BrF2O4/c1-13-5(11)4(8)3-7(9,10)6(12)14-2/h4H,3H2,1-2H3. The number of halogens is 3. The first-order chi connectivity index (χ1) is 6.35. The third-order valence-electron chi connectivity index (χ3n) is 1.38. The molecule has 0 aromatic rings. The molecule has 1 unspecified atom stereocenters. The summed E-state index contributed by atoms with van der Waals surface area (Å²) >= 11 is 2.67. The molecule has 0 spiro atoms. The average molecular weight is 275 g/mol. The van der Waals surface area contributed by atoms with E-state index >= 15 is 0 Å². The predicted octanol–water partition coefficient (Wildman–Crippen LogP) is 1.12. The smallest absolute Gasteiger partial charge is 0.376 e. The molecular formula is C7H9BrF2O4. The lowest BCUT2D eigenvalue weighted by molar-refractivity contribution is -0.170. The first-order valence-corrected chi connectivity index (χ1v) is 4.45. The van der Waals surface area contributed by atoms with E-state index in [4.69, 9.17) is 0 Å². The molecule has 82 valence electrons. The van der Waals surface area contributed by atoms with Gasteiger partial charge in [0, 0.05) is 6.42 Å². The van der Waals surface area contributed by atoms with Crippen molar-refractivity contribution in [3.05, 3.63) is 0 Å². The minimum Gasteiger partial charge on any atom is -0.468 e. The van der Waals surface area contributed by atoms with Crippen LogP contribution in [0, 0.1) is 0 Å². The molecule has 0 amide bonds. The van der Waals surface area contributed by atoms with Crippen LogP contribution >= 0.6 is 15.9 Å². The molecule has 0 aliphatic rings. The molecule has 0 radical (unpaired) electrons. The lowest BCUT2D eigenvalue weighted by Gasteiger charge is -2.15. The fraction of sp³-hybridized carbons (Fsp3) is 0.714. The van der Waals surface area contributed by atoms with E-state index in [9.17, 15) is 18.4 Å². The topological polar surface area (TPSA) is 52.6 Å². The number of carbonyl (C=O) groups is 2. The van der Waals surface area contributed by atoms with Crippen LogP contribution < -0.4 is 0 Å². The quantitative estimate of drug-likeness (QED) is 0.570. The van der Waals surface area contributed by atoms with Gasteiger partial charge < -0.3 is 9.47 Å². The van der Waals surface area contributed by atoms with Crippen molar-refractivity contribution in [2.75, 3.05) is 14.2 Å². The van der Waals surface area contributed by atoms with Crippen molar-refractivity contribution in [2.45, 2.75) is 17.2 Å². The monoisotopic (exact) mass is 274 g/mol. The summed E-state index contributed by atoms with van der Waals surface area (Å²) in [4.78, 5) is 20.0. The molecule has 0 saturated carbocycles. The van der Waals surface area contributed by atoms with Gasteiger partial charge in [0.1, 0.15) is 4.83 Å². The van der Waals surface area contributed by atoms with Crippen LogP contribution in [-0.2, 0) is 19.1 Å². The lowest BCUT2D eigenvalue weighted by Crippen LogP contribution is -2.35. The van der Waals surface area contributed by atoms with Crippen molar-refractivity contribution >= 4 is 27.9 Å². The SMILES string of the molecule is COC(=O)C(Br)CC(F)(F)C(=O)OC.